The minimum absolute atomic E-state index is 0.0340. The molecule has 0 bridgehead atoms. The van der Waals surface area contributed by atoms with E-state index >= 15 is 0 Å². The average Bonchev–Trinajstić information content (AvgIpc) is 2.89. The van der Waals surface area contributed by atoms with Crippen LogP contribution in [0.25, 0.3) is 0 Å². The van der Waals surface area contributed by atoms with Gasteiger partial charge < -0.3 is 15.3 Å². The zero-order valence-electron chi connectivity index (χ0n) is 16.5. The molecular weight excluding hydrogens is 312 g/mol. The standard InChI is InChI=1S/C22H38O3/c1-12(2)15-5-6-16-20-17(11-19(25)22(15,16)4)21(3)8-7-14(23)9-13(21)10-18(20)24/h12-20,23-25H,5-11H2,1-4H3. The summed E-state index contributed by atoms with van der Waals surface area (Å²) in [6.45, 7) is 9.32. The van der Waals surface area contributed by atoms with E-state index in [1.807, 2.05) is 0 Å². The Hall–Kier alpha value is -0.120. The Morgan fingerprint density at radius 1 is 0.880 bits per heavy atom. The van der Waals surface area contributed by atoms with Gasteiger partial charge in [0.05, 0.1) is 18.3 Å². The monoisotopic (exact) mass is 350 g/mol. The average molecular weight is 351 g/mol. The van der Waals surface area contributed by atoms with Gasteiger partial charge in [0.1, 0.15) is 0 Å². The first-order valence-electron chi connectivity index (χ1n) is 10.7. The van der Waals surface area contributed by atoms with Gasteiger partial charge in [-0.3, -0.25) is 0 Å². The zero-order valence-corrected chi connectivity index (χ0v) is 16.5. The van der Waals surface area contributed by atoms with E-state index in [4.69, 9.17) is 0 Å². The second-order valence-corrected chi connectivity index (χ2v) is 10.8. The Labute approximate surface area is 153 Å². The van der Waals surface area contributed by atoms with Crippen LogP contribution in [0.3, 0.4) is 0 Å². The highest BCUT2D eigenvalue weighted by molar-refractivity contribution is 5.14. The molecule has 0 aromatic rings. The van der Waals surface area contributed by atoms with Crippen LogP contribution in [0.5, 0.6) is 0 Å². The maximum atomic E-state index is 11.3. The third-order valence-electron chi connectivity index (χ3n) is 9.64. The van der Waals surface area contributed by atoms with Crippen molar-refractivity contribution in [3.63, 3.8) is 0 Å². The molecule has 3 N–H and O–H groups in total. The largest absolute Gasteiger partial charge is 0.393 e. The molecule has 3 nitrogen and oxygen atoms in total. The smallest absolute Gasteiger partial charge is 0.0602 e. The molecule has 3 heteroatoms. The van der Waals surface area contributed by atoms with E-state index in [-0.39, 0.29) is 29.1 Å². The fourth-order valence-corrected chi connectivity index (χ4v) is 8.29. The van der Waals surface area contributed by atoms with Crippen LogP contribution in [0.15, 0.2) is 0 Å². The molecule has 0 aromatic heterocycles. The van der Waals surface area contributed by atoms with E-state index in [0.717, 1.165) is 38.5 Å². The van der Waals surface area contributed by atoms with Gasteiger partial charge in [-0.1, -0.05) is 27.7 Å². The summed E-state index contributed by atoms with van der Waals surface area (Å²) in [6.07, 6.45) is 6.14. The van der Waals surface area contributed by atoms with Gasteiger partial charge in [-0.15, -0.1) is 0 Å². The predicted octanol–water partition coefficient (Wildman–Crippen LogP) is 3.60. The van der Waals surface area contributed by atoms with Crippen molar-refractivity contribution in [2.24, 2.45) is 46.3 Å². The minimum Gasteiger partial charge on any atom is -0.393 e. The number of hydrogen-bond acceptors (Lipinski definition) is 3. The number of aliphatic hydroxyl groups is 3. The van der Waals surface area contributed by atoms with Crippen molar-refractivity contribution in [2.75, 3.05) is 0 Å². The van der Waals surface area contributed by atoms with Gasteiger partial charge in [-0.2, -0.15) is 0 Å². The second kappa shape index (κ2) is 5.94. The van der Waals surface area contributed by atoms with Crippen LogP contribution >= 0.6 is 0 Å². The van der Waals surface area contributed by atoms with E-state index in [1.54, 1.807) is 0 Å². The molecule has 4 aliphatic carbocycles. The molecule has 25 heavy (non-hydrogen) atoms. The maximum Gasteiger partial charge on any atom is 0.0602 e. The summed E-state index contributed by atoms with van der Waals surface area (Å²) in [6, 6.07) is 0. The van der Waals surface area contributed by atoms with Crippen molar-refractivity contribution in [2.45, 2.75) is 91.0 Å². The van der Waals surface area contributed by atoms with Crippen molar-refractivity contribution in [3.05, 3.63) is 0 Å². The van der Waals surface area contributed by atoms with Crippen molar-refractivity contribution in [1.82, 2.24) is 0 Å². The first-order chi connectivity index (χ1) is 11.7. The van der Waals surface area contributed by atoms with Crippen molar-refractivity contribution in [1.29, 1.82) is 0 Å². The topological polar surface area (TPSA) is 60.7 Å². The lowest BCUT2D eigenvalue weighted by molar-refractivity contribution is -0.206. The highest BCUT2D eigenvalue weighted by atomic mass is 16.3. The third kappa shape index (κ3) is 2.41. The predicted molar refractivity (Wildman–Crippen MR) is 98.8 cm³/mol. The van der Waals surface area contributed by atoms with Gasteiger partial charge in [0, 0.05) is 0 Å². The zero-order chi connectivity index (χ0) is 18.1. The lowest BCUT2D eigenvalue weighted by Gasteiger charge is -2.63. The first-order valence-corrected chi connectivity index (χ1v) is 10.7. The molecule has 144 valence electrons. The second-order valence-electron chi connectivity index (χ2n) is 10.8. The lowest BCUT2D eigenvalue weighted by atomic mass is 9.43. The molecule has 4 fully saturated rings. The van der Waals surface area contributed by atoms with Crippen LogP contribution in [0, 0.1) is 46.3 Å². The highest BCUT2D eigenvalue weighted by Crippen LogP contribution is 2.68. The molecule has 4 rings (SSSR count). The molecule has 10 atom stereocenters. The first kappa shape index (κ1) is 18.3. The molecular formula is C22H38O3. The summed E-state index contributed by atoms with van der Waals surface area (Å²) in [5, 5.41) is 32.6. The van der Waals surface area contributed by atoms with Crippen molar-refractivity contribution < 1.29 is 15.3 Å². The molecule has 4 saturated carbocycles. The third-order valence-corrected chi connectivity index (χ3v) is 9.64. The summed E-state index contributed by atoms with van der Waals surface area (Å²) < 4.78 is 0. The molecule has 0 aliphatic heterocycles. The molecule has 0 radical (unpaired) electrons. The van der Waals surface area contributed by atoms with Gasteiger partial charge in [0.2, 0.25) is 0 Å². The molecule has 4 aliphatic rings. The quantitative estimate of drug-likeness (QED) is 0.677. The summed E-state index contributed by atoms with van der Waals surface area (Å²) in [4.78, 5) is 0. The summed E-state index contributed by atoms with van der Waals surface area (Å²) in [5.41, 5.74) is 0.148. The van der Waals surface area contributed by atoms with Gasteiger partial charge in [0.15, 0.2) is 0 Å². The normalized spacial score (nSPS) is 58.6. The fourth-order valence-electron chi connectivity index (χ4n) is 8.29. The minimum atomic E-state index is -0.254. The number of hydrogen-bond donors (Lipinski definition) is 3. The van der Waals surface area contributed by atoms with Gasteiger partial charge in [0.25, 0.3) is 0 Å². The number of aliphatic hydroxyl groups excluding tert-OH is 3. The lowest BCUT2D eigenvalue weighted by Crippen LogP contribution is -2.62. The SMILES string of the molecule is CC(C)C1CCC2C3C(O)CC4CC(O)CCC4(C)C3CC(O)C12C. The number of fused-ring (bicyclic) bond motifs is 5. The van der Waals surface area contributed by atoms with Crippen LogP contribution in [-0.4, -0.2) is 33.6 Å². The van der Waals surface area contributed by atoms with E-state index in [9.17, 15) is 15.3 Å². The van der Waals surface area contributed by atoms with Gasteiger partial charge >= 0.3 is 0 Å². The highest BCUT2D eigenvalue weighted by Gasteiger charge is 2.65. The van der Waals surface area contributed by atoms with Gasteiger partial charge in [-0.25, -0.2) is 0 Å². The van der Waals surface area contributed by atoms with Crippen molar-refractivity contribution in [3.8, 4) is 0 Å². The Balaban J connectivity index is 1.70. The number of rotatable bonds is 1. The van der Waals surface area contributed by atoms with E-state index in [2.05, 4.69) is 27.7 Å². The van der Waals surface area contributed by atoms with Gasteiger partial charge in [-0.05, 0) is 91.3 Å². The van der Waals surface area contributed by atoms with Crippen molar-refractivity contribution >= 4 is 0 Å². The molecule has 0 amide bonds. The summed E-state index contributed by atoms with van der Waals surface area (Å²) in [5.74, 6) is 2.77. The van der Waals surface area contributed by atoms with E-state index < -0.39 is 0 Å². The molecule has 10 unspecified atom stereocenters. The molecule has 0 heterocycles. The summed E-state index contributed by atoms with van der Waals surface area (Å²) >= 11 is 0. The Bertz CT molecular complexity index is 519. The van der Waals surface area contributed by atoms with Crippen LogP contribution < -0.4 is 0 Å². The van der Waals surface area contributed by atoms with Crippen LogP contribution in [0.1, 0.15) is 72.6 Å². The summed E-state index contributed by atoms with van der Waals surface area (Å²) in [7, 11) is 0. The molecule has 0 aromatic carbocycles. The Morgan fingerprint density at radius 2 is 1.60 bits per heavy atom. The van der Waals surface area contributed by atoms with Crippen LogP contribution in [0.2, 0.25) is 0 Å². The molecule has 0 saturated heterocycles. The van der Waals surface area contributed by atoms with E-state index in [0.29, 0.717) is 35.5 Å². The Morgan fingerprint density at radius 3 is 2.28 bits per heavy atom. The maximum absolute atomic E-state index is 11.3. The van der Waals surface area contributed by atoms with Crippen LogP contribution in [0.4, 0.5) is 0 Å². The fraction of sp³-hybridized carbons (Fsp3) is 1.00. The van der Waals surface area contributed by atoms with Crippen LogP contribution in [-0.2, 0) is 0 Å². The molecule has 0 spiro atoms. The Kier molecular flexibility index (Phi) is 4.34. The van der Waals surface area contributed by atoms with E-state index in [1.165, 1.54) is 6.42 Å².